The summed E-state index contributed by atoms with van der Waals surface area (Å²) in [5.74, 6) is 0.843. The molecule has 0 atom stereocenters. The maximum atomic E-state index is 12.7. The predicted octanol–water partition coefficient (Wildman–Crippen LogP) is 3.55. The summed E-state index contributed by atoms with van der Waals surface area (Å²) in [6.07, 6.45) is 0.230. The van der Waals surface area contributed by atoms with Crippen LogP contribution in [0.3, 0.4) is 0 Å². The first-order valence-electron chi connectivity index (χ1n) is 7.17. The van der Waals surface area contributed by atoms with Crippen molar-refractivity contribution < 1.29 is 18.7 Å². The summed E-state index contributed by atoms with van der Waals surface area (Å²) >= 11 is 3.36. The quantitative estimate of drug-likeness (QED) is 0.711. The normalized spacial score (nSPS) is 10.2. The topological polar surface area (TPSA) is 47.6 Å². The van der Waals surface area contributed by atoms with E-state index >= 15 is 0 Å². The smallest absolute Gasteiger partial charge is 0.223 e. The Labute approximate surface area is 142 Å². The molecule has 1 N–H and O–H groups in total. The lowest BCUT2D eigenvalue weighted by Gasteiger charge is -2.09. The van der Waals surface area contributed by atoms with Crippen LogP contribution in [-0.4, -0.2) is 25.7 Å². The number of nitrogens with one attached hydrogen (secondary N) is 1. The molecule has 0 heterocycles. The van der Waals surface area contributed by atoms with Crippen LogP contribution in [-0.2, 0) is 4.79 Å². The average molecular weight is 382 g/mol. The molecule has 0 aromatic heterocycles. The van der Waals surface area contributed by atoms with E-state index in [4.69, 9.17) is 9.47 Å². The number of carbonyl (C=O) groups excluding carboxylic acids is 1. The highest BCUT2D eigenvalue weighted by Gasteiger charge is 2.02. The maximum absolute atomic E-state index is 12.7. The second-order valence-electron chi connectivity index (χ2n) is 4.71. The molecule has 122 valence electrons. The molecule has 0 aliphatic carbocycles. The standard InChI is InChI=1S/C17H17BrFNO3/c18-13-2-1-3-16(12-13)23-11-9-20-17(21)8-10-22-15-6-4-14(19)5-7-15/h1-7,12H,8-11H2,(H,20,21). The Bertz CT molecular complexity index is 634. The summed E-state index contributed by atoms with van der Waals surface area (Å²) in [6, 6.07) is 13.2. The summed E-state index contributed by atoms with van der Waals surface area (Å²) in [5.41, 5.74) is 0. The fourth-order valence-corrected chi connectivity index (χ4v) is 2.18. The second kappa shape index (κ2) is 9.15. The Hall–Kier alpha value is -2.08. The second-order valence-corrected chi connectivity index (χ2v) is 5.62. The van der Waals surface area contributed by atoms with E-state index in [0.29, 0.717) is 18.9 Å². The molecule has 0 aliphatic heterocycles. The van der Waals surface area contributed by atoms with Gasteiger partial charge in [-0.15, -0.1) is 0 Å². The van der Waals surface area contributed by atoms with Gasteiger partial charge in [-0.05, 0) is 42.5 Å². The fraction of sp³-hybridized carbons (Fsp3) is 0.235. The third-order valence-electron chi connectivity index (χ3n) is 2.90. The number of benzene rings is 2. The van der Waals surface area contributed by atoms with Crippen molar-refractivity contribution in [3.8, 4) is 11.5 Å². The van der Waals surface area contributed by atoms with Crippen LogP contribution in [0.4, 0.5) is 4.39 Å². The molecule has 0 radical (unpaired) electrons. The van der Waals surface area contributed by atoms with Crippen LogP contribution in [0.15, 0.2) is 53.0 Å². The molecule has 0 fully saturated rings. The largest absolute Gasteiger partial charge is 0.493 e. The minimum absolute atomic E-state index is 0.120. The van der Waals surface area contributed by atoms with Gasteiger partial charge in [-0.2, -0.15) is 0 Å². The lowest BCUT2D eigenvalue weighted by Crippen LogP contribution is -2.29. The molecule has 6 heteroatoms. The lowest BCUT2D eigenvalue weighted by molar-refractivity contribution is -0.121. The molecule has 0 spiro atoms. The number of halogens is 2. The number of ether oxygens (including phenoxy) is 2. The van der Waals surface area contributed by atoms with E-state index in [1.165, 1.54) is 24.3 Å². The molecule has 2 aromatic carbocycles. The van der Waals surface area contributed by atoms with E-state index in [9.17, 15) is 9.18 Å². The van der Waals surface area contributed by atoms with Gasteiger partial charge in [-0.25, -0.2) is 4.39 Å². The highest BCUT2D eigenvalue weighted by atomic mass is 79.9. The summed E-state index contributed by atoms with van der Waals surface area (Å²) in [4.78, 5) is 11.6. The number of carbonyl (C=O) groups is 1. The van der Waals surface area contributed by atoms with Crippen molar-refractivity contribution in [1.82, 2.24) is 5.32 Å². The zero-order valence-corrected chi connectivity index (χ0v) is 14.0. The van der Waals surface area contributed by atoms with E-state index in [1.54, 1.807) is 0 Å². The molecule has 0 bridgehead atoms. The monoisotopic (exact) mass is 381 g/mol. The van der Waals surface area contributed by atoms with Gasteiger partial charge in [0.2, 0.25) is 5.91 Å². The van der Waals surface area contributed by atoms with Crippen molar-refractivity contribution in [2.45, 2.75) is 6.42 Å². The van der Waals surface area contributed by atoms with Gasteiger partial charge in [0.25, 0.3) is 0 Å². The number of hydrogen-bond acceptors (Lipinski definition) is 3. The summed E-state index contributed by atoms with van der Waals surface area (Å²) in [7, 11) is 0. The van der Waals surface area contributed by atoms with Crippen LogP contribution in [0.1, 0.15) is 6.42 Å². The van der Waals surface area contributed by atoms with Crippen molar-refractivity contribution in [1.29, 1.82) is 0 Å². The van der Waals surface area contributed by atoms with Gasteiger partial charge in [-0.1, -0.05) is 22.0 Å². The lowest BCUT2D eigenvalue weighted by atomic mass is 10.3. The maximum Gasteiger partial charge on any atom is 0.223 e. The van der Waals surface area contributed by atoms with Gasteiger partial charge in [0.1, 0.15) is 23.9 Å². The van der Waals surface area contributed by atoms with Crippen LogP contribution in [0.5, 0.6) is 11.5 Å². The van der Waals surface area contributed by atoms with Crippen molar-refractivity contribution in [3.63, 3.8) is 0 Å². The van der Waals surface area contributed by atoms with Crippen molar-refractivity contribution in [2.75, 3.05) is 19.8 Å². The first kappa shape index (κ1) is 17.3. The Balaban J connectivity index is 1.57. The van der Waals surface area contributed by atoms with Crippen LogP contribution in [0.2, 0.25) is 0 Å². The summed E-state index contributed by atoms with van der Waals surface area (Å²) < 4.78 is 24.5. The number of hydrogen-bond donors (Lipinski definition) is 1. The van der Waals surface area contributed by atoms with Gasteiger partial charge >= 0.3 is 0 Å². The van der Waals surface area contributed by atoms with Crippen molar-refractivity contribution >= 4 is 21.8 Å². The summed E-state index contributed by atoms with van der Waals surface area (Å²) in [5, 5.41) is 2.75. The van der Waals surface area contributed by atoms with Crippen LogP contribution in [0, 0.1) is 5.82 Å². The Morgan fingerprint density at radius 1 is 1.04 bits per heavy atom. The van der Waals surface area contributed by atoms with Gasteiger partial charge in [-0.3, -0.25) is 4.79 Å². The zero-order chi connectivity index (χ0) is 16.5. The number of rotatable bonds is 8. The average Bonchev–Trinajstić information content (AvgIpc) is 2.54. The predicted molar refractivity (Wildman–Crippen MR) is 89.2 cm³/mol. The van der Waals surface area contributed by atoms with E-state index in [2.05, 4.69) is 21.2 Å². The molecule has 0 saturated heterocycles. The Morgan fingerprint density at radius 2 is 1.78 bits per heavy atom. The number of amides is 1. The van der Waals surface area contributed by atoms with Crippen LogP contribution < -0.4 is 14.8 Å². The molecule has 23 heavy (non-hydrogen) atoms. The SMILES string of the molecule is O=C(CCOc1ccc(F)cc1)NCCOc1cccc(Br)c1. The first-order valence-corrected chi connectivity index (χ1v) is 7.96. The minimum atomic E-state index is -0.319. The molecule has 2 rings (SSSR count). The fourth-order valence-electron chi connectivity index (χ4n) is 1.80. The molecule has 4 nitrogen and oxygen atoms in total. The van der Waals surface area contributed by atoms with Crippen LogP contribution in [0.25, 0.3) is 0 Å². The van der Waals surface area contributed by atoms with E-state index < -0.39 is 0 Å². The molecular formula is C17H17BrFNO3. The molecule has 0 aliphatic rings. The van der Waals surface area contributed by atoms with Gasteiger partial charge in [0.05, 0.1) is 19.6 Å². The molecule has 0 saturated carbocycles. The zero-order valence-electron chi connectivity index (χ0n) is 12.4. The summed E-state index contributed by atoms with van der Waals surface area (Å²) in [6.45, 7) is 1.05. The molecule has 2 aromatic rings. The first-order chi connectivity index (χ1) is 11.1. The third-order valence-corrected chi connectivity index (χ3v) is 3.39. The highest BCUT2D eigenvalue weighted by Crippen LogP contribution is 2.17. The molecule has 0 unspecified atom stereocenters. The highest BCUT2D eigenvalue weighted by molar-refractivity contribution is 9.10. The van der Waals surface area contributed by atoms with Gasteiger partial charge < -0.3 is 14.8 Å². The van der Waals surface area contributed by atoms with Gasteiger partial charge in [0, 0.05) is 4.47 Å². The van der Waals surface area contributed by atoms with E-state index in [-0.39, 0.29) is 24.8 Å². The van der Waals surface area contributed by atoms with Crippen LogP contribution >= 0.6 is 15.9 Å². The Kier molecular flexibility index (Phi) is 6.87. The Morgan fingerprint density at radius 3 is 2.52 bits per heavy atom. The molecular weight excluding hydrogens is 365 g/mol. The molecule has 1 amide bonds. The van der Waals surface area contributed by atoms with E-state index in [0.717, 1.165) is 10.2 Å². The third kappa shape index (κ3) is 6.69. The van der Waals surface area contributed by atoms with Crippen molar-refractivity contribution in [2.24, 2.45) is 0 Å². The van der Waals surface area contributed by atoms with E-state index in [1.807, 2.05) is 24.3 Å². The minimum Gasteiger partial charge on any atom is -0.493 e. The van der Waals surface area contributed by atoms with Crippen molar-refractivity contribution in [3.05, 3.63) is 58.8 Å². The van der Waals surface area contributed by atoms with Gasteiger partial charge in [0.15, 0.2) is 0 Å².